The molecule has 1 aliphatic carbocycles. The predicted octanol–water partition coefficient (Wildman–Crippen LogP) is 3.72. The molecule has 8 heteroatoms. The van der Waals surface area contributed by atoms with Crippen LogP contribution in [0.5, 0.6) is 0 Å². The highest BCUT2D eigenvalue weighted by Gasteiger charge is 2.43. The molecule has 1 aromatic heterocycles. The van der Waals surface area contributed by atoms with Gasteiger partial charge in [-0.3, -0.25) is 9.69 Å². The van der Waals surface area contributed by atoms with Gasteiger partial charge in [0.2, 0.25) is 5.91 Å². The first-order valence-corrected chi connectivity index (χ1v) is 14.0. The van der Waals surface area contributed by atoms with Gasteiger partial charge in [-0.15, -0.1) is 0 Å². The van der Waals surface area contributed by atoms with Gasteiger partial charge in [0, 0.05) is 62.5 Å². The van der Waals surface area contributed by atoms with Crippen LogP contribution in [0.4, 0.5) is 5.82 Å². The van der Waals surface area contributed by atoms with Crippen molar-refractivity contribution in [2.24, 2.45) is 5.92 Å². The van der Waals surface area contributed by atoms with Gasteiger partial charge in [0.15, 0.2) is 9.84 Å². The average Bonchev–Trinajstić information content (AvgIpc) is 2.96. The third kappa shape index (κ3) is 4.63. The summed E-state index contributed by atoms with van der Waals surface area (Å²) in [6.07, 6.45) is 9.53. The van der Waals surface area contributed by atoms with Gasteiger partial charge in [-0.2, -0.15) is 0 Å². The lowest BCUT2D eigenvalue weighted by Crippen LogP contribution is -2.49. The van der Waals surface area contributed by atoms with Gasteiger partial charge in [-0.25, -0.2) is 13.4 Å². The van der Waals surface area contributed by atoms with Crippen molar-refractivity contribution < 1.29 is 13.2 Å². The van der Waals surface area contributed by atoms with Gasteiger partial charge in [0.05, 0.1) is 11.0 Å². The van der Waals surface area contributed by atoms with Crippen LogP contribution in [0.3, 0.4) is 0 Å². The van der Waals surface area contributed by atoms with E-state index in [1.54, 1.807) is 6.20 Å². The van der Waals surface area contributed by atoms with Crippen LogP contribution in [-0.4, -0.2) is 60.5 Å². The Morgan fingerprint density at radius 1 is 1.11 bits per heavy atom. The fourth-order valence-electron chi connectivity index (χ4n) is 5.65. The van der Waals surface area contributed by atoms with Crippen molar-refractivity contribution in [3.8, 4) is 0 Å². The summed E-state index contributed by atoms with van der Waals surface area (Å²) in [7, 11) is -3.30. The van der Waals surface area contributed by atoms with Crippen LogP contribution in [0.25, 0.3) is 5.70 Å². The van der Waals surface area contributed by atoms with Gasteiger partial charge in [0.25, 0.3) is 0 Å². The van der Waals surface area contributed by atoms with E-state index in [2.05, 4.69) is 38.8 Å². The minimum absolute atomic E-state index is 0.000870. The van der Waals surface area contributed by atoms with E-state index in [0.717, 1.165) is 54.1 Å². The molecule has 36 heavy (non-hydrogen) atoms. The number of hydrogen-bond acceptors (Lipinski definition) is 6. The third-order valence-electron chi connectivity index (χ3n) is 7.43. The van der Waals surface area contributed by atoms with E-state index >= 15 is 0 Å². The zero-order valence-corrected chi connectivity index (χ0v) is 21.5. The zero-order chi connectivity index (χ0) is 25.4. The maximum atomic E-state index is 13.3. The number of carbonyl (C=O) groups excluding carboxylic acids is 1. The lowest BCUT2D eigenvalue weighted by Gasteiger charge is -2.44. The third-order valence-corrected chi connectivity index (χ3v) is 9.44. The number of nitrogens with one attached hydrogen (secondary N) is 1. The number of sulfone groups is 1. The second-order valence-corrected chi connectivity index (χ2v) is 12.0. The minimum Gasteiger partial charge on any atom is -0.369 e. The monoisotopic (exact) mass is 504 g/mol. The summed E-state index contributed by atoms with van der Waals surface area (Å²) in [6.45, 7) is 10.9. The van der Waals surface area contributed by atoms with Gasteiger partial charge < -0.3 is 10.2 Å². The van der Waals surface area contributed by atoms with Crippen LogP contribution in [0.1, 0.15) is 35.2 Å². The van der Waals surface area contributed by atoms with Crippen molar-refractivity contribution in [3.63, 3.8) is 0 Å². The molecular weight excluding hydrogens is 472 g/mol. The molecular formula is C28H32N4O3S. The number of carbonyl (C=O) groups is 1. The molecule has 1 amide bonds. The molecule has 1 aromatic carbocycles. The molecule has 1 saturated heterocycles. The van der Waals surface area contributed by atoms with E-state index in [9.17, 15) is 13.2 Å². The Balaban J connectivity index is 1.36. The molecule has 7 nitrogen and oxygen atoms in total. The number of anilines is 1. The lowest BCUT2D eigenvalue weighted by molar-refractivity contribution is -0.114. The van der Waals surface area contributed by atoms with Gasteiger partial charge in [-0.1, -0.05) is 55.1 Å². The summed E-state index contributed by atoms with van der Waals surface area (Å²) in [5, 5.41) is 2.24. The molecule has 188 valence electrons. The smallest absolute Gasteiger partial charge is 0.222 e. The maximum absolute atomic E-state index is 13.3. The number of benzene rings is 1. The highest BCUT2D eigenvalue weighted by Crippen LogP contribution is 2.42. The van der Waals surface area contributed by atoms with Crippen molar-refractivity contribution in [1.82, 2.24) is 14.8 Å². The Morgan fingerprint density at radius 2 is 1.83 bits per heavy atom. The van der Waals surface area contributed by atoms with Crippen LogP contribution in [0.15, 0.2) is 67.4 Å². The first-order chi connectivity index (χ1) is 17.2. The Labute approximate surface area is 213 Å². The second-order valence-electron chi connectivity index (χ2n) is 9.80. The number of hydrogen-bond donors (Lipinski definition) is 1. The molecule has 0 saturated carbocycles. The molecule has 1 N–H and O–H groups in total. The summed E-state index contributed by atoms with van der Waals surface area (Å²) in [5.74, 6) is 0.379. The van der Waals surface area contributed by atoms with E-state index < -0.39 is 15.1 Å². The number of fused-ring (bicyclic) bond motifs is 2. The molecule has 3 heterocycles. The van der Waals surface area contributed by atoms with Crippen LogP contribution < -0.4 is 5.32 Å². The molecule has 0 spiro atoms. The van der Waals surface area contributed by atoms with Gasteiger partial charge in [-0.05, 0) is 29.7 Å². The largest absolute Gasteiger partial charge is 0.369 e. The average molecular weight is 505 g/mol. The fraction of sp³-hybridized carbons (Fsp3) is 0.357. The van der Waals surface area contributed by atoms with Crippen LogP contribution >= 0.6 is 0 Å². The Hall–Kier alpha value is -3.23. The molecule has 1 fully saturated rings. The number of nitrogens with zero attached hydrogens (tertiary/aromatic N) is 3. The normalized spacial score (nSPS) is 24.9. The summed E-state index contributed by atoms with van der Waals surface area (Å²) >= 11 is 0. The molecule has 0 radical (unpaired) electrons. The van der Waals surface area contributed by atoms with Gasteiger partial charge >= 0.3 is 0 Å². The fourth-order valence-corrected chi connectivity index (χ4v) is 7.58. The molecule has 3 atom stereocenters. The van der Waals surface area contributed by atoms with E-state index in [1.807, 2.05) is 49.4 Å². The van der Waals surface area contributed by atoms with Crippen LogP contribution in [-0.2, 0) is 20.4 Å². The van der Waals surface area contributed by atoms with Crippen LogP contribution in [0, 0.1) is 12.8 Å². The van der Waals surface area contributed by atoms with Crippen molar-refractivity contribution in [1.29, 1.82) is 0 Å². The van der Waals surface area contributed by atoms with Crippen molar-refractivity contribution in [2.45, 2.75) is 30.9 Å². The Bertz CT molecular complexity index is 1360. The van der Waals surface area contributed by atoms with Crippen molar-refractivity contribution in [2.75, 3.05) is 31.5 Å². The van der Waals surface area contributed by atoms with E-state index in [4.69, 9.17) is 0 Å². The molecule has 3 unspecified atom stereocenters. The van der Waals surface area contributed by atoms with Crippen LogP contribution in [0.2, 0.25) is 0 Å². The van der Waals surface area contributed by atoms with Crippen molar-refractivity contribution in [3.05, 3.63) is 89.7 Å². The number of pyridine rings is 1. The van der Waals surface area contributed by atoms with Crippen molar-refractivity contribution >= 4 is 27.3 Å². The summed E-state index contributed by atoms with van der Waals surface area (Å²) in [6, 6.07) is 10.0. The zero-order valence-electron chi connectivity index (χ0n) is 20.7. The number of piperazine rings is 1. The number of aromatic nitrogens is 1. The van der Waals surface area contributed by atoms with E-state index in [0.29, 0.717) is 5.82 Å². The molecule has 2 aliphatic heterocycles. The Morgan fingerprint density at radius 3 is 2.56 bits per heavy atom. The molecule has 2 aromatic rings. The summed E-state index contributed by atoms with van der Waals surface area (Å²) < 4.78 is 26.6. The lowest BCUT2D eigenvalue weighted by atomic mass is 9.84. The predicted molar refractivity (Wildman–Crippen MR) is 143 cm³/mol. The van der Waals surface area contributed by atoms with E-state index in [1.165, 1.54) is 6.92 Å². The van der Waals surface area contributed by atoms with Gasteiger partial charge in [0.1, 0.15) is 5.82 Å². The number of rotatable bonds is 4. The minimum atomic E-state index is -3.30. The first-order valence-electron chi connectivity index (χ1n) is 12.3. The SMILES string of the molecule is C=C(c1cnc(NC(C)=O)c(C)c1)N1CCN(C2c3ccccc3CS(=O)(=O)C3C=CC=CC23)CC1. The molecule has 0 bridgehead atoms. The molecule has 3 aliphatic rings. The van der Waals surface area contributed by atoms with E-state index in [-0.39, 0.29) is 23.6 Å². The topological polar surface area (TPSA) is 82.6 Å². The maximum Gasteiger partial charge on any atom is 0.222 e. The molecule has 5 rings (SSSR count). The highest BCUT2D eigenvalue weighted by molar-refractivity contribution is 7.91. The standard InChI is InChI=1S/C28H32N4O3S/c1-19-16-23(17-29-28(19)30-21(3)33)20(2)31-12-14-32(15-13-31)27-24-9-5-4-8-22(24)18-36(34,35)26-11-7-6-10-25(26)27/h4-11,16-17,25-27H,2,12-15,18H2,1,3H3,(H,29,30,33). The highest BCUT2D eigenvalue weighted by atomic mass is 32.2. The number of allylic oxidation sites excluding steroid dienone is 2. The number of amides is 1. The second kappa shape index (κ2) is 9.67. The summed E-state index contributed by atoms with van der Waals surface area (Å²) in [4.78, 5) is 20.5. The Kier molecular flexibility index (Phi) is 6.57. The number of aryl methyl sites for hydroxylation is 1. The summed E-state index contributed by atoms with van der Waals surface area (Å²) in [5.41, 5.74) is 4.76. The first kappa shape index (κ1) is 24.5. The quantitative estimate of drug-likeness (QED) is 0.684.